The van der Waals surface area contributed by atoms with Gasteiger partial charge in [-0.15, -0.1) is 11.3 Å². The van der Waals surface area contributed by atoms with Crippen molar-refractivity contribution in [1.82, 2.24) is 9.88 Å². The first kappa shape index (κ1) is 22.5. The van der Waals surface area contributed by atoms with Crippen LogP contribution in [0.2, 0.25) is 5.02 Å². The normalized spacial score (nSPS) is 19.0. The van der Waals surface area contributed by atoms with Crippen LogP contribution in [0.4, 0.5) is 15.2 Å². The topological polar surface area (TPSA) is 91.8 Å². The minimum atomic E-state index is -4.59. The SMILES string of the molecule is CN(C)[C@@H]1CC=CC[C@H]1Nc1cc(F)c(S(=O)(=O)N(OC=O)c2nccs2)cc1Cl. The van der Waals surface area contributed by atoms with Crippen LogP contribution in [-0.4, -0.2) is 51.0 Å². The summed E-state index contributed by atoms with van der Waals surface area (Å²) in [5.41, 5.74) is 0.275. The van der Waals surface area contributed by atoms with E-state index in [1.54, 1.807) is 0 Å². The van der Waals surface area contributed by atoms with Crippen LogP contribution in [-0.2, 0) is 19.7 Å². The summed E-state index contributed by atoms with van der Waals surface area (Å²) in [6, 6.07) is 2.15. The summed E-state index contributed by atoms with van der Waals surface area (Å²) in [5.74, 6) is -1.04. The maximum Gasteiger partial charge on any atom is 0.322 e. The van der Waals surface area contributed by atoms with E-state index in [-0.39, 0.29) is 38.9 Å². The third kappa shape index (κ3) is 4.59. The average Bonchev–Trinajstić information content (AvgIpc) is 3.22. The molecule has 0 unspecified atom stereocenters. The third-order valence-electron chi connectivity index (χ3n) is 4.63. The fourth-order valence-electron chi connectivity index (χ4n) is 3.20. The number of carbonyl (C=O) groups is 1. The first-order valence-corrected chi connectivity index (χ1v) is 11.6. The second-order valence-electron chi connectivity index (χ2n) is 6.74. The largest absolute Gasteiger partial charge is 0.379 e. The molecule has 8 nitrogen and oxygen atoms in total. The van der Waals surface area contributed by atoms with Crippen LogP contribution in [0.5, 0.6) is 0 Å². The van der Waals surface area contributed by atoms with Crippen LogP contribution in [0.25, 0.3) is 0 Å². The Bertz CT molecular complexity index is 1030. The minimum Gasteiger partial charge on any atom is -0.379 e. The van der Waals surface area contributed by atoms with Crippen LogP contribution in [0, 0.1) is 5.82 Å². The van der Waals surface area contributed by atoms with E-state index in [4.69, 9.17) is 11.6 Å². The summed E-state index contributed by atoms with van der Waals surface area (Å²) in [5, 5.41) is 4.57. The number of hydrogen-bond acceptors (Lipinski definition) is 8. The Balaban J connectivity index is 1.94. The molecule has 0 bridgehead atoms. The van der Waals surface area contributed by atoms with Gasteiger partial charge in [-0.25, -0.2) is 9.37 Å². The molecule has 3 rings (SSSR count). The van der Waals surface area contributed by atoms with Gasteiger partial charge in [-0.1, -0.05) is 28.2 Å². The number of aromatic nitrogens is 1. The lowest BCUT2D eigenvalue weighted by Gasteiger charge is -2.35. The summed E-state index contributed by atoms with van der Waals surface area (Å²) in [6.07, 6.45) is 6.98. The lowest BCUT2D eigenvalue weighted by Crippen LogP contribution is -2.44. The summed E-state index contributed by atoms with van der Waals surface area (Å²) >= 11 is 7.20. The van der Waals surface area contributed by atoms with E-state index in [0.717, 1.165) is 29.9 Å². The Morgan fingerprint density at radius 3 is 2.70 bits per heavy atom. The molecule has 162 valence electrons. The smallest absolute Gasteiger partial charge is 0.322 e. The Morgan fingerprint density at radius 1 is 1.33 bits per heavy atom. The number of anilines is 2. The van der Waals surface area contributed by atoms with E-state index >= 15 is 0 Å². The molecule has 30 heavy (non-hydrogen) atoms. The molecule has 1 aromatic heterocycles. The monoisotopic (exact) mass is 474 g/mol. The fraction of sp³-hybridized carbons (Fsp3) is 0.333. The molecule has 1 aliphatic carbocycles. The fourth-order valence-corrected chi connectivity index (χ4v) is 5.55. The Labute approximate surface area is 182 Å². The number of sulfonamides is 1. The molecule has 1 N–H and O–H groups in total. The molecular weight excluding hydrogens is 455 g/mol. The van der Waals surface area contributed by atoms with Crippen LogP contribution in [0.15, 0.2) is 40.8 Å². The van der Waals surface area contributed by atoms with Gasteiger partial charge in [0.05, 0.1) is 10.7 Å². The van der Waals surface area contributed by atoms with Crippen LogP contribution >= 0.6 is 22.9 Å². The zero-order valence-corrected chi connectivity index (χ0v) is 18.5. The van der Waals surface area contributed by atoms with Crippen molar-refractivity contribution < 1.29 is 22.4 Å². The molecule has 2 aromatic rings. The lowest BCUT2D eigenvalue weighted by molar-refractivity contribution is -0.128. The van der Waals surface area contributed by atoms with Crippen molar-refractivity contribution >= 4 is 50.3 Å². The molecule has 1 aliphatic rings. The highest BCUT2D eigenvalue weighted by atomic mass is 35.5. The van der Waals surface area contributed by atoms with E-state index in [1.807, 2.05) is 20.2 Å². The van der Waals surface area contributed by atoms with Gasteiger partial charge in [0, 0.05) is 23.7 Å². The lowest BCUT2D eigenvalue weighted by atomic mass is 9.95. The number of thiazole rings is 1. The first-order valence-electron chi connectivity index (χ1n) is 8.88. The molecule has 1 heterocycles. The maximum atomic E-state index is 14.9. The molecule has 0 saturated heterocycles. The van der Waals surface area contributed by atoms with E-state index in [0.29, 0.717) is 6.42 Å². The standard InChI is InChI=1S/C18H20ClFN4O4S2/c1-23(2)16-6-4-3-5-14(16)22-15-10-13(20)17(9-12(15)19)30(26,27)24(28-11-25)18-21-7-8-29-18/h3-4,7-11,14,16,22H,5-6H2,1-2H3/t14-,16-/m1/s1. The van der Waals surface area contributed by atoms with Crippen LogP contribution < -0.4 is 9.79 Å². The highest BCUT2D eigenvalue weighted by Crippen LogP contribution is 2.33. The highest BCUT2D eigenvalue weighted by Gasteiger charge is 2.33. The van der Waals surface area contributed by atoms with Crippen molar-refractivity contribution in [3.8, 4) is 0 Å². The predicted molar refractivity (Wildman–Crippen MR) is 114 cm³/mol. The molecule has 0 amide bonds. The van der Waals surface area contributed by atoms with Crippen molar-refractivity contribution in [2.45, 2.75) is 29.8 Å². The van der Waals surface area contributed by atoms with Gasteiger partial charge in [-0.05, 0) is 39.1 Å². The molecular formula is C18H20ClFN4O4S2. The van der Waals surface area contributed by atoms with Crippen molar-refractivity contribution in [2.24, 2.45) is 0 Å². The van der Waals surface area contributed by atoms with Gasteiger partial charge in [-0.2, -0.15) is 8.42 Å². The molecule has 0 aliphatic heterocycles. The van der Waals surface area contributed by atoms with Crippen molar-refractivity contribution in [1.29, 1.82) is 0 Å². The van der Waals surface area contributed by atoms with Crippen molar-refractivity contribution in [3.05, 3.63) is 46.7 Å². The molecule has 0 spiro atoms. The second-order valence-corrected chi connectivity index (χ2v) is 9.74. The summed E-state index contributed by atoms with van der Waals surface area (Å²) < 4.78 is 41.0. The predicted octanol–water partition coefficient (Wildman–Crippen LogP) is 3.28. The van der Waals surface area contributed by atoms with E-state index in [1.165, 1.54) is 11.6 Å². The highest BCUT2D eigenvalue weighted by molar-refractivity contribution is 7.92. The Kier molecular flexibility index (Phi) is 6.96. The average molecular weight is 475 g/mol. The number of nitrogens with zero attached hydrogens (tertiary/aromatic N) is 3. The molecule has 1 aromatic carbocycles. The number of nitrogens with one attached hydrogen (secondary N) is 1. The maximum absolute atomic E-state index is 14.9. The number of likely N-dealkylation sites (N-methyl/N-ethyl adjacent to an activating group) is 1. The van der Waals surface area contributed by atoms with Crippen LogP contribution in [0.1, 0.15) is 12.8 Å². The van der Waals surface area contributed by atoms with Crippen LogP contribution in [0.3, 0.4) is 0 Å². The number of benzene rings is 1. The van der Waals surface area contributed by atoms with Gasteiger partial charge < -0.3 is 15.1 Å². The molecule has 0 radical (unpaired) electrons. The van der Waals surface area contributed by atoms with E-state index in [9.17, 15) is 17.6 Å². The Hall–Kier alpha value is -2.21. The van der Waals surface area contributed by atoms with Gasteiger partial charge >= 0.3 is 16.5 Å². The quantitative estimate of drug-likeness (QED) is 0.356. The summed E-state index contributed by atoms with van der Waals surface area (Å²) in [7, 11) is -0.682. The number of carbonyl (C=O) groups excluding carboxylic acids is 1. The molecule has 2 atom stereocenters. The minimum absolute atomic E-state index is 0.0206. The number of rotatable bonds is 8. The van der Waals surface area contributed by atoms with E-state index in [2.05, 4.69) is 26.1 Å². The van der Waals surface area contributed by atoms with E-state index < -0.39 is 20.7 Å². The first-order chi connectivity index (χ1) is 14.3. The summed E-state index contributed by atoms with van der Waals surface area (Å²) in [6.45, 7) is -0.0770. The van der Waals surface area contributed by atoms with Crippen molar-refractivity contribution in [3.63, 3.8) is 0 Å². The zero-order valence-electron chi connectivity index (χ0n) is 16.2. The van der Waals surface area contributed by atoms with Gasteiger partial charge in [0.25, 0.3) is 0 Å². The number of halogens is 2. The van der Waals surface area contributed by atoms with Gasteiger partial charge in [0.15, 0.2) is 0 Å². The zero-order chi connectivity index (χ0) is 21.9. The number of hydrogen-bond donors (Lipinski definition) is 1. The Morgan fingerprint density at radius 2 is 2.07 bits per heavy atom. The molecule has 12 heteroatoms. The third-order valence-corrected chi connectivity index (χ3v) is 7.37. The van der Waals surface area contributed by atoms with Gasteiger partial charge in [0.1, 0.15) is 10.7 Å². The summed E-state index contributed by atoms with van der Waals surface area (Å²) in [4.78, 5) is 20.5. The molecule has 0 saturated carbocycles. The van der Waals surface area contributed by atoms with Crippen molar-refractivity contribution in [2.75, 3.05) is 23.9 Å². The second kappa shape index (κ2) is 9.29. The van der Waals surface area contributed by atoms with Gasteiger partial charge in [-0.3, -0.25) is 4.79 Å². The van der Waals surface area contributed by atoms with Gasteiger partial charge in [0.2, 0.25) is 5.13 Å². The molecule has 0 fully saturated rings.